The number of aliphatic hydroxyl groups excluding tert-OH is 1. The number of piperidine rings is 1. The van der Waals surface area contributed by atoms with Crippen molar-refractivity contribution >= 4 is 49.6 Å². The molecule has 4 aromatic rings. The summed E-state index contributed by atoms with van der Waals surface area (Å²) in [4.78, 5) is 31.9. The van der Waals surface area contributed by atoms with Crippen molar-refractivity contribution in [2.75, 3.05) is 56.6 Å². The summed E-state index contributed by atoms with van der Waals surface area (Å²) in [6, 6.07) is 10.6. The molecule has 220 valence electrons. The lowest BCUT2D eigenvalue weighted by atomic mass is 10.0. The minimum absolute atomic E-state index is 0.0692. The topological polar surface area (TPSA) is 117 Å². The van der Waals surface area contributed by atoms with Crippen LogP contribution in [-0.4, -0.2) is 99.4 Å². The second-order valence-electron chi connectivity index (χ2n) is 11.1. The predicted octanol–water partition coefficient (Wildman–Crippen LogP) is 3.53. The summed E-state index contributed by atoms with van der Waals surface area (Å²) in [5.41, 5.74) is 3.70. The number of aliphatic hydroxyl groups is 1. The molecular formula is C29H35N9O2S2. The molecule has 1 atom stereocenters. The molecule has 0 aliphatic carbocycles. The van der Waals surface area contributed by atoms with Gasteiger partial charge in [-0.3, -0.25) is 9.69 Å². The van der Waals surface area contributed by atoms with E-state index in [1.165, 1.54) is 11.3 Å². The quantitative estimate of drug-likeness (QED) is 0.322. The van der Waals surface area contributed by atoms with E-state index in [0.717, 1.165) is 65.1 Å². The summed E-state index contributed by atoms with van der Waals surface area (Å²) in [5, 5.41) is 26.1. The Labute approximate surface area is 253 Å². The highest BCUT2D eigenvalue weighted by Gasteiger charge is 2.32. The first-order valence-corrected chi connectivity index (χ1v) is 15.9. The average molecular weight is 606 g/mol. The molecule has 42 heavy (non-hydrogen) atoms. The van der Waals surface area contributed by atoms with E-state index in [9.17, 15) is 15.2 Å². The second kappa shape index (κ2) is 11.6. The van der Waals surface area contributed by atoms with E-state index in [-0.39, 0.29) is 18.1 Å². The Morgan fingerprint density at radius 3 is 2.62 bits per heavy atom. The summed E-state index contributed by atoms with van der Waals surface area (Å²) in [5.74, 6) is 0.927. The standard InChI is InChI=1S/C29H35N9O2S2/c1-5-22-26(35(4)27-32-25(23(13-30)41-27)19-10-8-18(2)9-11-19)38-28(31-22)42-29(33-38)36-12-6-7-20(14-36)34(3)17-24(40)37-15-21(39)16-37/h8-11,20-21,39H,5-7,12,14-17H2,1-4H3/t20-/m1/s1. The lowest BCUT2D eigenvalue weighted by Gasteiger charge is -2.40. The van der Waals surface area contributed by atoms with Gasteiger partial charge in [-0.25, -0.2) is 9.97 Å². The summed E-state index contributed by atoms with van der Waals surface area (Å²) >= 11 is 2.94. The number of amides is 1. The molecule has 0 saturated carbocycles. The van der Waals surface area contributed by atoms with Crippen LogP contribution in [0.2, 0.25) is 0 Å². The van der Waals surface area contributed by atoms with Crippen molar-refractivity contribution in [1.29, 1.82) is 5.26 Å². The monoisotopic (exact) mass is 605 g/mol. The maximum Gasteiger partial charge on any atom is 0.236 e. The molecule has 13 heteroatoms. The Hall–Kier alpha value is -3.57. The molecule has 1 amide bonds. The van der Waals surface area contributed by atoms with E-state index in [2.05, 4.69) is 22.8 Å². The SMILES string of the molecule is CCc1nc2sc(N3CCC[C@@H](N(C)CC(=O)N4CC(O)C4)C3)nn2c1N(C)c1nc(-c2ccc(C)cc2)c(C#N)s1. The Bertz CT molecular complexity index is 1630. The number of nitriles is 1. The van der Waals surface area contributed by atoms with Crippen molar-refractivity contribution in [3.8, 4) is 17.3 Å². The molecule has 2 aliphatic heterocycles. The highest BCUT2D eigenvalue weighted by molar-refractivity contribution is 7.20. The average Bonchev–Trinajstić information content (AvgIpc) is 3.68. The van der Waals surface area contributed by atoms with Crippen LogP contribution in [0.15, 0.2) is 24.3 Å². The molecular weight excluding hydrogens is 571 g/mol. The molecule has 0 bridgehead atoms. The first-order valence-electron chi connectivity index (χ1n) is 14.3. The molecule has 1 N–H and O–H groups in total. The fraction of sp³-hybridized carbons (Fsp3) is 0.483. The zero-order chi connectivity index (χ0) is 29.5. The van der Waals surface area contributed by atoms with E-state index in [0.29, 0.717) is 35.3 Å². The highest BCUT2D eigenvalue weighted by Crippen LogP contribution is 2.38. The third-order valence-corrected chi connectivity index (χ3v) is 10.1. The fourth-order valence-electron chi connectivity index (χ4n) is 5.59. The van der Waals surface area contributed by atoms with Crippen molar-refractivity contribution in [1.82, 2.24) is 29.4 Å². The molecule has 6 rings (SSSR count). The van der Waals surface area contributed by atoms with E-state index in [1.807, 2.05) is 54.7 Å². The maximum absolute atomic E-state index is 12.6. The molecule has 0 radical (unpaired) electrons. The zero-order valence-corrected chi connectivity index (χ0v) is 26.0. The first kappa shape index (κ1) is 28.5. The Kier molecular flexibility index (Phi) is 7.89. The number of hydrogen-bond donors (Lipinski definition) is 1. The van der Waals surface area contributed by atoms with Gasteiger partial charge in [-0.1, -0.05) is 59.4 Å². The van der Waals surface area contributed by atoms with Gasteiger partial charge in [-0.15, -0.1) is 5.10 Å². The minimum atomic E-state index is -0.385. The highest BCUT2D eigenvalue weighted by atomic mass is 32.1. The third kappa shape index (κ3) is 5.35. The van der Waals surface area contributed by atoms with Gasteiger partial charge in [0, 0.05) is 44.8 Å². The Morgan fingerprint density at radius 1 is 1.17 bits per heavy atom. The van der Waals surface area contributed by atoms with Crippen LogP contribution in [0.5, 0.6) is 0 Å². The smallest absolute Gasteiger partial charge is 0.236 e. The third-order valence-electron chi connectivity index (χ3n) is 8.11. The van der Waals surface area contributed by atoms with Crippen LogP contribution in [0.3, 0.4) is 0 Å². The number of imidazole rings is 1. The van der Waals surface area contributed by atoms with Crippen LogP contribution < -0.4 is 9.80 Å². The Morgan fingerprint density at radius 2 is 1.93 bits per heavy atom. The number of thiazole rings is 1. The second-order valence-corrected chi connectivity index (χ2v) is 13.0. The number of anilines is 3. The van der Waals surface area contributed by atoms with Crippen LogP contribution in [0.1, 0.15) is 35.9 Å². The number of hydrogen-bond acceptors (Lipinski definition) is 11. The van der Waals surface area contributed by atoms with Crippen LogP contribution >= 0.6 is 22.7 Å². The summed E-state index contributed by atoms with van der Waals surface area (Å²) in [6.07, 6.45) is 2.39. The molecule has 2 saturated heterocycles. The van der Waals surface area contributed by atoms with Gasteiger partial charge in [0.05, 0.1) is 18.3 Å². The summed E-state index contributed by atoms with van der Waals surface area (Å²) in [6.45, 7) is 7.03. The molecule has 5 heterocycles. The Balaban J connectivity index is 1.23. The number of carbonyl (C=O) groups is 1. The van der Waals surface area contributed by atoms with Crippen molar-refractivity contribution < 1.29 is 9.90 Å². The van der Waals surface area contributed by atoms with Gasteiger partial charge >= 0.3 is 0 Å². The zero-order valence-electron chi connectivity index (χ0n) is 24.3. The molecule has 2 aliphatic rings. The molecule has 11 nitrogen and oxygen atoms in total. The first-order chi connectivity index (χ1) is 20.2. The molecule has 3 aromatic heterocycles. The lowest BCUT2D eigenvalue weighted by molar-refractivity contribution is -0.142. The molecule has 0 unspecified atom stereocenters. The normalized spacial score (nSPS) is 17.6. The fourth-order valence-corrected chi connectivity index (χ4v) is 7.38. The van der Waals surface area contributed by atoms with Gasteiger partial charge in [-0.2, -0.15) is 9.78 Å². The number of rotatable bonds is 8. The number of likely N-dealkylation sites (tertiary alicyclic amines) is 1. The van der Waals surface area contributed by atoms with E-state index in [1.54, 1.807) is 16.2 Å². The van der Waals surface area contributed by atoms with Crippen molar-refractivity contribution in [2.24, 2.45) is 0 Å². The van der Waals surface area contributed by atoms with Gasteiger partial charge in [0.15, 0.2) is 10.9 Å². The van der Waals surface area contributed by atoms with E-state index in [4.69, 9.17) is 15.1 Å². The number of aryl methyl sites for hydroxylation is 2. The summed E-state index contributed by atoms with van der Waals surface area (Å²) < 4.78 is 1.91. The predicted molar refractivity (Wildman–Crippen MR) is 166 cm³/mol. The van der Waals surface area contributed by atoms with Gasteiger partial charge in [0.1, 0.15) is 16.6 Å². The van der Waals surface area contributed by atoms with Gasteiger partial charge in [-0.05, 0) is 33.2 Å². The van der Waals surface area contributed by atoms with Crippen LogP contribution in [0, 0.1) is 18.3 Å². The molecule has 1 aromatic carbocycles. The number of aromatic nitrogens is 4. The van der Waals surface area contributed by atoms with Crippen LogP contribution in [0.25, 0.3) is 16.2 Å². The number of likely N-dealkylation sites (N-methyl/N-ethyl adjacent to an activating group) is 1. The largest absolute Gasteiger partial charge is 0.389 e. The van der Waals surface area contributed by atoms with Crippen molar-refractivity contribution in [3.63, 3.8) is 0 Å². The van der Waals surface area contributed by atoms with Crippen molar-refractivity contribution in [2.45, 2.75) is 45.3 Å². The number of carbonyl (C=O) groups excluding carboxylic acids is 1. The minimum Gasteiger partial charge on any atom is -0.389 e. The van der Waals surface area contributed by atoms with Gasteiger partial charge in [0.25, 0.3) is 0 Å². The number of fused-ring (bicyclic) bond motifs is 1. The van der Waals surface area contributed by atoms with Crippen molar-refractivity contribution in [3.05, 3.63) is 40.4 Å². The van der Waals surface area contributed by atoms with Gasteiger partial charge < -0.3 is 19.8 Å². The molecule has 2 fully saturated rings. The van der Waals surface area contributed by atoms with Crippen LogP contribution in [-0.2, 0) is 11.2 Å². The summed E-state index contributed by atoms with van der Waals surface area (Å²) in [7, 11) is 3.96. The van der Waals surface area contributed by atoms with E-state index < -0.39 is 0 Å². The number of β-amino-alcohol motifs (C(OH)–C–C–N with tert-alkyl or cyclic N) is 1. The van der Waals surface area contributed by atoms with E-state index >= 15 is 0 Å². The van der Waals surface area contributed by atoms with Gasteiger partial charge in [0.2, 0.25) is 16.0 Å². The number of benzene rings is 1. The molecule has 0 spiro atoms. The van der Waals surface area contributed by atoms with Crippen LogP contribution in [0.4, 0.5) is 16.1 Å². The maximum atomic E-state index is 12.6. The lowest BCUT2D eigenvalue weighted by Crippen LogP contribution is -2.57. The number of nitrogens with zero attached hydrogens (tertiary/aromatic N) is 9.